The summed E-state index contributed by atoms with van der Waals surface area (Å²) in [4.78, 5) is 0. The van der Waals surface area contributed by atoms with Crippen LogP contribution in [0.15, 0.2) is 42.5 Å². The summed E-state index contributed by atoms with van der Waals surface area (Å²) < 4.78 is 43.9. The van der Waals surface area contributed by atoms with Gasteiger partial charge >= 0.3 is 6.18 Å². The molecule has 0 heterocycles. The topological polar surface area (TPSA) is 41.5 Å². The van der Waals surface area contributed by atoms with Gasteiger partial charge in [-0.2, -0.15) is 13.2 Å². The third kappa shape index (κ3) is 4.67. The number of aryl methyl sites for hydroxylation is 1. The molecule has 152 valence electrons. The molecule has 0 fully saturated rings. The quantitative estimate of drug-likeness (QED) is 0.738. The number of nitrogens with one attached hydrogen (secondary N) is 1. The molecule has 0 saturated heterocycles. The number of benzene rings is 2. The minimum Gasteiger partial charge on any atom is -0.497 e. The van der Waals surface area contributed by atoms with Crippen molar-refractivity contribution in [3.63, 3.8) is 0 Å². The second kappa shape index (κ2) is 8.53. The normalized spacial score (nSPS) is 19.0. The SMILES string of the molecule is COc1ccc2c(c1)CCCC2C(C)NCC(O)c1cccc(C(F)(F)F)c1. The molecule has 2 aromatic rings. The first kappa shape index (κ1) is 20.7. The number of aliphatic hydroxyl groups is 1. The van der Waals surface area contributed by atoms with E-state index in [0.717, 1.165) is 37.1 Å². The average Bonchev–Trinajstić information content (AvgIpc) is 2.70. The van der Waals surface area contributed by atoms with Crippen LogP contribution in [0.3, 0.4) is 0 Å². The fourth-order valence-corrected chi connectivity index (χ4v) is 3.95. The predicted molar refractivity (Wildman–Crippen MR) is 103 cm³/mol. The van der Waals surface area contributed by atoms with E-state index in [-0.39, 0.29) is 18.2 Å². The van der Waals surface area contributed by atoms with Crippen molar-refractivity contribution in [3.05, 3.63) is 64.7 Å². The first-order chi connectivity index (χ1) is 13.3. The molecule has 1 aliphatic carbocycles. The fraction of sp³-hybridized carbons (Fsp3) is 0.455. The van der Waals surface area contributed by atoms with E-state index >= 15 is 0 Å². The molecule has 3 rings (SSSR count). The number of rotatable bonds is 6. The van der Waals surface area contributed by atoms with Crippen molar-refractivity contribution in [2.45, 2.75) is 50.4 Å². The number of aliphatic hydroxyl groups excluding tert-OH is 1. The first-order valence-electron chi connectivity index (χ1n) is 9.55. The molecule has 0 bridgehead atoms. The summed E-state index contributed by atoms with van der Waals surface area (Å²) in [6.07, 6.45) is -2.28. The Labute approximate surface area is 163 Å². The van der Waals surface area contributed by atoms with Gasteiger partial charge in [0.1, 0.15) is 5.75 Å². The highest BCUT2D eigenvalue weighted by Crippen LogP contribution is 2.36. The zero-order chi connectivity index (χ0) is 20.3. The molecule has 0 spiro atoms. The second-order valence-electron chi connectivity index (χ2n) is 7.40. The summed E-state index contributed by atoms with van der Waals surface area (Å²) in [6.45, 7) is 2.26. The first-order valence-corrected chi connectivity index (χ1v) is 9.55. The van der Waals surface area contributed by atoms with E-state index in [1.54, 1.807) is 7.11 Å². The van der Waals surface area contributed by atoms with Gasteiger partial charge in [-0.3, -0.25) is 0 Å². The average molecular weight is 393 g/mol. The van der Waals surface area contributed by atoms with Crippen LogP contribution in [-0.4, -0.2) is 24.8 Å². The predicted octanol–water partition coefficient (Wildman–Crippen LogP) is 4.85. The van der Waals surface area contributed by atoms with Crippen LogP contribution in [-0.2, 0) is 12.6 Å². The summed E-state index contributed by atoms with van der Waals surface area (Å²) in [5.74, 6) is 1.14. The van der Waals surface area contributed by atoms with Crippen LogP contribution in [0.1, 0.15) is 54.0 Å². The van der Waals surface area contributed by atoms with Gasteiger partial charge in [0.2, 0.25) is 0 Å². The molecule has 2 N–H and O–H groups in total. The van der Waals surface area contributed by atoms with E-state index in [0.29, 0.717) is 5.92 Å². The lowest BCUT2D eigenvalue weighted by Crippen LogP contribution is -2.36. The molecule has 6 heteroatoms. The highest BCUT2D eigenvalue weighted by molar-refractivity contribution is 5.40. The fourth-order valence-electron chi connectivity index (χ4n) is 3.95. The highest BCUT2D eigenvalue weighted by atomic mass is 19.4. The molecule has 0 aromatic heterocycles. The number of fused-ring (bicyclic) bond motifs is 1. The third-order valence-electron chi connectivity index (χ3n) is 5.55. The van der Waals surface area contributed by atoms with Crippen molar-refractivity contribution in [1.82, 2.24) is 5.32 Å². The van der Waals surface area contributed by atoms with Crippen LogP contribution < -0.4 is 10.1 Å². The largest absolute Gasteiger partial charge is 0.497 e. The third-order valence-corrected chi connectivity index (χ3v) is 5.55. The van der Waals surface area contributed by atoms with E-state index in [4.69, 9.17) is 4.74 Å². The second-order valence-corrected chi connectivity index (χ2v) is 7.40. The molecule has 28 heavy (non-hydrogen) atoms. The van der Waals surface area contributed by atoms with E-state index < -0.39 is 17.8 Å². The molecule has 2 aromatic carbocycles. The van der Waals surface area contributed by atoms with Gasteiger partial charge in [0.05, 0.1) is 18.8 Å². The zero-order valence-electron chi connectivity index (χ0n) is 16.1. The molecular formula is C22H26F3NO2. The maximum Gasteiger partial charge on any atom is 0.416 e. The molecule has 3 atom stereocenters. The van der Waals surface area contributed by atoms with Gasteiger partial charge < -0.3 is 15.2 Å². The van der Waals surface area contributed by atoms with Crippen molar-refractivity contribution >= 4 is 0 Å². The number of hydrogen-bond acceptors (Lipinski definition) is 3. The van der Waals surface area contributed by atoms with Crippen molar-refractivity contribution in [1.29, 1.82) is 0 Å². The van der Waals surface area contributed by atoms with E-state index in [1.807, 2.05) is 6.07 Å². The van der Waals surface area contributed by atoms with E-state index in [1.165, 1.54) is 23.3 Å². The lowest BCUT2D eigenvalue weighted by molar-refractivity contribution is -0.137. The van der Waals surface area contributed by atoms with Gasteiger partial charge in [-0.25, -0.2) is 0 Å². The monoisotopic (exact) mass is 393 g/mol. The Hall–Kier alpha value is -2.05. The molecule has 3 unspecified atom stereocenters. The van der Waals surface area contributed by atoms with Gasteiger partial charge in [-0.1, -0.05) is 18.2 Å². The van der Waals surface area contributed by atoms with Crippen molar-refractivity contribution in [2.24, 2.45) is 0 Å². The van der Waals surface area contributed by atoms with Crippen molar-refractivity contribution < 1.29 is 23.0 Å². The van der Waals surface area contributed by atoms with Crippen LogP contribution in [0, 0.1) is 0 Å². The molecule has 1 aliphatic rings. The van der Waals surface area contributed by atoms with Crippen LogP contribution in [0.2, 0.25) is 0 Å². The summed E-state index contributed by atoms with van der Waals surface area (Å²) >= 11 is 0. The standard InChI is InChI=1S/C22H26F3NO2/c1-14(19-8-4-5-15-12-18(28-2)9-10-20(15)19)26-13-21(27)16-6-3-7-17(11-16)22(23,24)25/h3,6-7,9-12,14,19,21,26-27H,4-5,8,13H2,1-2H3. The lowest BCUT2D eigenvalue weighted by atomic mass is 9.79. The molecule has 3 nitrogen and oxygen atoms in total. The molecule has 0 aliphatic heterocycles. The zero-order valence-corrected chi connectivity index (χ0v) is 16.1. The van der Waals surface area contributed by atoms with E-state index in [2.05, 4.69) is 24.4 Å². The van der Waals surface area contributed by atoms with Crippen LogP contribution in [0.5, 0.6) is 5.75 Å². The van der Waals surface area contributed by atoms with Crippen LogP contribution in [0.4, 0.5) is 13.2 Å². The maximum atomic E-state index is 12.9. The number of alkyl halides is 3. The number of ether oxygens (including phenoxy) is 1. The maximum absolute atomic E-state index is 12.9. The smallest absolute Gasteiger partial charge is 0.416 e. The van der Waals surface area contributed by atoms with Crippen LogP contribution >= 0.6 is 0 Å². The van der Waals surface area contributed by atoms with Gasteiger partial charge in [0.25, 0.3) is 0 Å². The molecular weight excluding hydrogens is 367 g/mol. The Kier molecular flexibility index (Phi) is 6.30. The Bertz CT molecular complexity index is 807. The van der Waals surface area contributed by atoms with Crippen molar-refractivity contribution in [3.8, 4) is 5.75 Å². The number of halogens is 3. The van der Waals surface area contributed by atoms with Gasteiger partial charge in [-0.15, -0.1) is 0 Å². The molecule has 0 saturated carbocycles. The van der Waals surface area contributed by atoms with Gasteiger partial charge in [0.15, 0.2) is 0 Å². The summed E-state index contributed by atoms with van der Waals surface area (Å²) in [6, 6.07) is 11.1. The molecule has 0 amide bonds. The van der Waals surface area contributed by atoms with Crippen molar-refractivity contribution in [2.75, 3.05) is 13.7 Å². The summed E-state index contributed by atoms with van der Waals surface area (Å²) in [5.41, 5.74) is 2.08. The minimum absolute atomic E-state index is 0.0906. The number of methoxy groups -OCH3 is 1. The molecule has 0 radical (unpaired) electrons. The summed E-state index contributed by atoms with van der Waals surface area (Å²) in [7, 11) is 1.65. The summed E-state index contributed by atoms with van der Waals surface area (Å²) in [5, 5.41) is 13.7. The van der Waals surface area contributed by atoms with Gasteiger partial charge in [0, 0.05) is 12.6 Å². The lowest BCUT2D eigenvalue weighted by Gasteiger charge is -2.32. The Balaban J connectivity index is 1.66. The van der Waals surface area contributed by atoms with Gasteiger partial charge in [-0.05, 0) is 73.1 Å². The Morgan fingerprint density at radius 3 is 2.71 bits per heavy atom. The Morgan fingerprint density at radius 1 is 1.21 bits per heavy atom. The number of hydrogen-bond donors (Lipinski definition) is 2. The minimum atomic E-state index is -4.41. The van der Waals surface area contributed by atoms with E-state index in [9.17, 15) is 18.3 Å². The Morgan fingerprint density at radius 2 is 2.00 bits per heavy atom. The van der Waals surface area contributed by atoms with Crippen LogP contribution in [0.25, 0.3) is 0 Å². The highest BCUT2D eigenvalue weighted by Gasteiger charge is 2.31.